The minimum atomic E-state index is -0.0360. The summed E-state index contributed by atoms with van der Waals surface area (Å²) in [6, 6.07) is 10.7. The third kappa shape index (κ3) is 4.12. The third-order valence-electron chi connectivity index (χ3n) is 4.22. The van der Waals surface area contributed by atoms with Gasteiger partial charge in [0.1, 0.15) is 18.1 Å². The fraction of sp³-hybridized carbons (Fsp3) is 0.421. The Kier molecular flexibility index (Phi) is 5.14. The Morgan fingerprint density at radius 3 is 2.50 bits per heavy atom. The Morgan fingerprint density at radius 2 is 1.83 bits per heavy atom. The first-order valence-corrected chi connectivity index (χ1v) is 8.65. The molecule has 5 heteroatoms. The van der Waals surface area contributed by atoms with Gasteiger partial charge in [-0.3, -0.25) is 4.79 Å². The maximum Gasteiger partial charge on any atom is 0.289 e. The summed E-state index contributed by atoms with van der Waals surface area (Å²) in [5.41, 5.74) is 0. The number of benzene rings is 1. The summed E-state index contributed by atoms with van der Waals surface area (Å²) < 4.78 is 11.3. The second kappa shape index (κ2) is 7.31. The van der Waals surface area contributed by atoms with E-state index in [-0.39, 0.29) is 12.5 Å². The van der Waals surface area contributed by atoms with Gasteiger partial charge in [-0.15, -0.1) is 0 Å². The number of rotatable bonds is 4. The molecule has 4 nitrogen and oxygen atoms in total. The Labute approximate surface area is 147 Å². The second-order valence-electron chi connectivity index (χ2n) is 6.66. The molecule has 1 fully saturated rings. The molecular weight excluding hydrogens is 326 g/mol. The van der Waals surface area contributed by atoms with Gasteiger partial charge in [-0.25, -0.2) is 0 Å². The number of ether oxygens (including phenoxy) is 1. The minimum Gasteiger partial charge on any atom is -0.486 e. The molecule has 0 N–H and O–H groups in total. The summed E-state index contributed by atoms with van der Waals surface area (Å²) in [6.07, 6.45) is 1.17. The Hall–Kier alpha value is -1.94. The molecule has 2 atom stereocenters. The van der Waals surface area contributed by atoms with Crippen LogP contribution in [0, 0.1) is 11.8 Å². The smallest absolute Gasteiger partial charge is 0.289 e. The number of nitrogens with zero attached hydrogens (tertiary/aromatic N) is 1. The highest BCUT2D eigenvalue weighted by Crippen LogP contribution is 2.23. The van der Waals surface area contributed by atoms with Crippen LogP contribution in [0.25, 0.3) is 0 Å². The van der Waals surface area contributed by atoms with E-state index < -0.39 is 0 Å². The number of hydrogen-bond donors (Lipinski definition) is 0. The van der Waals surface area contributed by atoms with Crippen LogP contribution in [0.4, 0.5) is 0 Å². The van der Waals surface area contributed by atoms with Gasteiger partial charge in [0.25, 0.3) is 5.91 Å². The van der Waals surface area contributed by atoms with Gasteiger partial charge in [0.2, 0.25) is 0 Å². The standard InChI is InChI=1S/C19H22ClNO3/c1-13-9-14(2)11-21(10-13)19(22)18-8-7-17(24-18)12-23-16-5-3-15(20)4-6-16/h3-8,13-14H,9-12H2,1-2H3/t13-,14+. The minimum absolute atomic E-state index is 0.0360. The lowest BCUT2D eigenvalue weighted by Gasteiger charge is -2.34. The van der Waals surface area contributed by atoms with Crippen molar-refractivity contribution >= 4 is 17.5 Å². The van der Waals surface area contributed by atoms with Crippen molar-refractivity contribution in [3.05, 3.63) is 52.9 Å². The molecule has 2 aromatic rings. The van der Waals surface area contributed by atoms with E-state index in [0.717, 1.165) is 13.1 Å². The van der Waals surface area contributed by atoms with Crippen molar-refractivity contribution in [3.8, 4) is 5.75 Å². The van der Waals surface area contributed by atoms with E-state index >= 15 is 0 Å². The molecule has 0 aliphatic carbocycles. The monoisotopic (exact) mass is 347 g/mol. The predicted molar refractivity (Wildman–Crippen MR) is 93.3 cm³/mol. The molecule has 0 bridgehead atoms. The molecule has 1 saturated heterocycles. The lowest BCUT2D eigenvalue weighted by molar-refractivity contribution is 0.0587. The van der Waals surface area contributed by atoms with E-state index in [0.29, 0.717) is 34.1 Å². The van der Waals surface area contributed by atoms with Gasteiger partial charge in [-0.1, -0.05) is 25.4 Å². The van der Waals surface area contributed by atoms with Crippen molar-refractivity contribution in [2.45, 2.75) is 26.9 Å². The molecule has 1 aromatic carbocycles. The number of hydrogen-bond acceptors (Lipinski definition) is 3. The summed E-state index contributed by atoms with van der Waals surface area (Å²) in [5.74, 6) is 2.74. The Bertz CT molecular complexity index is 685. The van der Waals surface area contributed by atoms with Crippen LogP contribution >= 0.6 is 11.6 Å². The van der Waals surface area contributed by atoms with Crippen LogP contribution in [0.15, 0.2) is 40.8 Å². The van der Waals surface area contributed by atoms with Crippen molar-refractivity contribution in [2.75, 3.05) is 13.1 Å². The zero-order valence-electron chi connectivity index (χ0n) is 14.0. The van der Waals surface area contributed by atoms with Crippen LogP contribution in [0.1, 0.15) is 36.6 Å². The lowest BCUT2D eigenvalue weighted by atomic mass is 9.92. The summed E-state index contributed by atoms with van der Waals surface area (Å²) in [7, 11) is 0. The van der Waals surface area contributed by atoms with E-state index in [1.54, 1.807) is 36.4 Å². The number of furan rings is 1. The zero-order chi connectivity index (χ0) is 17.1. The highest BCUT2D eigenvalue weighted by atomic mass is 35.5. The molecule has 3 rings (SSSR count). The molecular formula is C19H22ClNO3. The molecule has 1 aromatic heterocycles. The van der Waals surface area contributed by atoms with Gasteiger partial charge >= 0.3 is 0 Å². The van der Waals surface area contributed by atoms with Crippen molar-refractivity contribution in [3.63, 3.8) is 0 Å². The van der Waals surface area contributed by atoms with E-state index in [9.17, 15) is 4.79 Å². The SMILES string of the molecule is C[C@@H]1C[C@H](C)CN(C(=O)c2ccc(COc3ccc(Cl)cc3)o2)C1. The van der Waals surface area contributed by atoms with Gasteiger partial charge < -0.3 is 14.1 Å². The van der Waals surface area contributed by atoms with Crippen molar-refractivity contribution in [2.24, 2.45) is 11.8 Å². The number of carbonyl (C=O) groups excluding carboxylic acids is 1. The number of amides is 1. The molecule has 24 heavy (non-hydrogen) atoms. The Morgan fingerprint density at radius 1 is 1.17 bits per heavy atom. The molecule has 1 amide bonds. The predicted octanol–water partition coefficient (Wildman–Crippen LogP) is 4.63. The van der Waals surface area contributed by atoms with Crippen LogP contribution in [-0.4, -0.2) is 23.9 Å². The first kappa shape index (κ1) is 16.9. The highest BCUT2D eigenvalue weighted by molar-refractivity contribution is 6.30. The molecule has 128 valence electrons. The molecule has 2 heterocycles. The maximum atomic E-state index is 12.6. The highest BCUT2D eigenvalue weighted by Gasteiger charge is 2.27. The molecule has 0 saturated carbocycles. The Balaban J connectivity index is 1.60. The van der Waals surface area contributed by atoms with Gasteiger partial charge in [0.05, 0.1) is 0 Å². The van der Waals surface area contributed by atoms with E-state index in [2.05, 4.69) is 13.8 Å². The van der Waals surface area contributed by atoms with Gasteiger partial charge in [0, 0.05) is 18.1 Å². The fourth-order valence-corrected chi connectivity index (χ4v) is 3.37. The summed E-state index contributed by atoms with van der Waals surface area (Å²) in [6.45, 7) is 6.23. The summed E-state index contributed by atoms with van der Waals surface area (Å²) >= 11 is 5.85. The largest absolute Gasteiger partial charge is 0.486 e. The van der Waals surface area contributed by atoms with Gasteiger partial charge in [0.15, 0.2) is 5.76 Å². The quantitative estimate of drug-likeness (QED) is 0.809. The summed E-state index contributed by atoms with van der Waals surface area (Å²) in [4.78, 5) is 14.5. The number of halogens is 1. The summed E-state index contributed by atoms with van der Waals surface area (Å²) in [5, 5.41) is 0.665. The van der Waals surface area contributed by atoms with Crippen molar-refractivity contribution < 1.29 is 13.9 Å². The number of likely N-dealkylation sites (tertiary alicyclic amines) is 1. The molecule has 0 radical (unpaired) electrons. The fourth-order valence-electron chi connectivity index (χ4n) is 3.24. The van der Waals surface area contributed by atoms with Crippen LogP contribution < -0.4 is 4.74 Å². The van der Waals surface area contributed by atoms with Crippen molar-refractivity contribution in [1.82, 2.24) is 4.90 Å². The van der Waals surface area contributed by atoms with E-state index in [4.69, 9.17) is 20.8 Å². The molecule has 0 unspecified atom stereocenters. The van der Waals surface area contributed by atoms with Gasteiger partial charge in [-0.05, 0) is 54.7 Å². The van der Waals surface area contributed by atoms with Gasteiger partial charge in [-0.2, -0.15) is 0 Å². The zero-order valence-corrected chi connectivity index (χ0v) is 14.8. The molecule has 1 aliphatic rings. The third-order valence-corrected chi connectivity index (χ3v) is 4.48. The van der Waals surface area contributed by atoms with Crippen LogP contribution in [0.5, 0.6) is 5.75 Å². The van der Waals surface area contributed by atoms with Crippen molar-refractivity contribution in [1.29, 1.82) is 0 Å². The van der Waals surface area contributed by atoms with E-state index in [1.165, 1.54) is 6.42 Å². The number of carbonyl (C=O) groups is 1. The average Bonchev–Trinajstić information content (AvgIpc) is 3.01. The second-order valence-corrected chi connectivity index (χ2v) is 7.10. The van der Waals surface area contributed by atoms with Crippen LogP contribution in [0.3, 0.4) is 0 Å². The normalized spacial score (nSPS) is 20.9. The molecule has 1 aliphatic heterocycles. The number of piperidine rings is 1. The van der Waals surface area contributed by atoms with Crippen LogP contribution in [-0.2, 0) is 6.61 Å². The van der Waals surface area contributed by atoms with Crippen LogP contribution in [0.2, 0.25) is 5.02 Å². The average molecular weight is 348 g/mol. The van der Waals surface area contributed by atoms with E-state index in [1.807, 2.05) is 4.90 Å². The lowest BCUT2D eigenvalue weighted by Crippen LogP contribution is -2.42. The first-order valence-electron chi connectivity index (χ1n) is 8.27. The maximum absolute atomic E-state index is 12.6. The molecule has 0 spiro atoms. The first-order chi connectivity index (χ1) is 11.5. The topological polar surface area (TPSA) is 42.7 Å².